The second kappa shape index (κ2) is 5.31. The van der Waals surface area contributed by atoms with Crippen molar-refractivity contribution in [1.82, 2.24) is 9.88 Å². The van der Waals surface area contributed by atoms with Gasteiger partial charge in [0.1, 0.15) is 5.82 Å². The molecule has 0 radical (unpaired) electrons. The van der Waals surface area contributed by atoms with Crippen molar-refractivity contribution in [3.8, 4) is 0 Å². The number of carbonyl (C=O) groups is 1. The molecule has 0 aliphatic heterocycles. The molecule has 0 aliphatic rings. The number of nitrogen functional groups attached to an aromatic ring is 1. The van der Waals surface area contributed by atoms with Gasteiger partial charge in [-0.05, 0) is 24.2 Å². The van der Waals surface area contributed by atoms with Crippen LogP contribution in [0.4, 0.5) is 5.82 Å². The highest BCUT2D eigenvalue weighted by Gasteiger charge is 2.06. The van der Waals surface area contributed by atoms with Crippen LogP contribution in [0.5, 0.6) is 0 Å². The molecule has 0 atom stereocenters. The molecule has 1 aromatic heterocycles. The second-order valence-corrected chi connectivity index (χ2v) is 3.36. The summed E-state index contributed by atoms with van der Waals surface area (Å²) in [6.45, 7) is 3.67. The third kappa shape index (κ3) is 3.95. The average Bonchev–Trinajstić information content (AvgIpc) is 2.16. The van der Waals surface area contributed by atoms with E-state index >= 15 is 0 Å². The zero-order valence-electron chi connectivity index (χ0n) is 8.81. The SMILES string of the molecule is CCN(CC(N)=O)Cc1ccnc(N)c1. The van der Waals surface area contributed by atoms with Crippen molar-refractivity contribution >= 4 is 11.7 Å². The van der Waals surface area contributed by atoms with E-state index < -0.39 is 0 Å². The number of nitrogens with two attached hydrogens (primary N) is 2. The van der Waals surface area contributed by atoms with Crippen LogP contribution in [-0.2, 0) is 11.3 Å². The van der Waals surface area contributed by atoms with Gasteiger partial charge in [-0.25, -0.2) is 4.98 Å². The normalized spacial score (nSPS) is 10.5. The highest BCUT2D eigenvalue weighted by molar-refractivity contribution is 5.75. The minimum atomic E-state index is -0.320. The first-order chi connectivity index (χ1) is 7.11. The van der Waals surface area contributed by atoms with Crippen molar-refractivity contribution in [3.63, 3.8) is 0 Å². The molecule has 82 valence electrons. The van der Waals surface area contributed by atoms with Gasteiger partial charge in [0.05, 0.1) is 6.54 Å². The molecule has 1 heterocycles. The van der Waals surface area contributed by atoms with Crippen molar-refractivity contribution < 1.29 is 4.79 Å². The standard InChI is InChI=1S/C10H16N4O/c1-2-14(7-10(12)15)6-8-3-4-13-9(11)5-8/h3-5H,2,6-7H2,1H3,(H2,11,13)(H2,12,15). The Morgan fingerprint density at radius 1 is 1.60 bits per heavy atom. The highest BCUT2D eigenvalue weighted by Crippen LogP contribution is 2.06. The van der Waals surface area contributed by atoms with Crippen LogP contribution in [0.3, 0.4) is 0 Å². The maximum atomic E-state index is 10.8. The molecule has 0 aromatic carbocycles. The molecule has 0 unspecified atom stereocenters. The van der Waals surface area contributed by atoms with Gasteiger partial charge in [-0.3, -0.25) is 9.69 Å². The van der Waals surface area contributed by atoms with Crippen molar-refractivity contribution in [2.75, 3.05) is 18.8 Å². The van der Waals surface area contributed by atoms with Crippen LogP contribution in [0, 0.1) is 0 Å². The number of rotatable bonds is 5. The summed E-state index contributed by atoms with van der Waals surface area (Å²) in [6.07, 6.45) is 1.66. The van der Waals surface area contributed by atoms with E-state index in [2.05, 4.69) is 4.98 Å². The maximum Gasteiger partial charge on any atom is 0.231 e. The number of likely N-dealkylation sites (N-methyl/N-ethyl adjacent to an activating group) is 1. The zero-order chi connectivity index (χ0) is 11.3. The number of aromatic nitrogens is 1. The molecule has 1 amide bonds. The molecule has 0 bridgehead atoms. The number of anilines is 1. The van der Waals surface area contributed by atoms with Gasteiger partial charge in [-0.2, -0.15) is 0 Å². The maximum absolute atomic E-state index is 10.8. The van der Waals surface area contributed by atoms with Crippen LogP contribution in [0.15, 0.2) is 18.3 Å². The lowest BCUT2D eigenvalue weighted by molar-refractivity contribution is -0.119. The Hall–Kier alpha value is -1.62. The first-order valence-electron chi connectivity index (χ1n) is 4.83. The second-order valence-electron chi connectivity index (χ2n) is 3.36. The first kappa shape index (κ1) is 11.5. The predicted octanol–water partition coefficient (Wildman–Crippen LogP) is -0.0290. The smallest absolute Gasteiger partial charge is 0.231 e. The van der Waals surface area contributed by atoms with Gasteiger partial charge in [-0.15, -0.1) is 0 Å². The summed E-state index contributed by atoms with van der Waals surface area (Å²) >= 11 is 0. The molecule has 0 spiro atoms. The summed E-state index contributed by atoms with van der Waals surface area (Å²) in [7, 11) is 0. The van der Waals surface area contributed by atoms with Crippen LogP contribution in [0.1, 0.15) is 12.5 Å². The van der Waals surface area contributed by atoms with E-state index in [4.69, 9.17) is 11.5 Å². The van der Waals surface area contributed by atoms with Crippen LogP contribution in [0.2, 0.25) is 0 Å². The summed E-state index contributed by atoms with van der Waals surface area (Å²) in [5, 5.41) is 0. The first-order valence-corrected chi connectivity index (χ1v) is 4.83. The lowest BCUT2D eigenvalue weighted by Gasteiger charge is -2.18. The van der Waals surface area contributed by atoms with Gasteiger partial charge in [-0.1, -0.05) is 6.92 Å². The largest absolute Gasteiger partial charge is 0.384 e. The third-order valence-corrected chi connectivity index (χ3v) is 2.08. The summed E-state index contributed by atoms with van der Waals surface area (Å²) in [5.41, 5.74) is 11.7. The van der Waals surface area contributed by atoms with E-state index in [0.717, 1.165) is 12.1 Å². The third-order valence-electron chi connectivity index (χ3n) is 2.08. The number of hydrogen-bond donors (Lipinski definition) is 2. The Balaban J connectivity index is 2.62. The van der Waals surface area contributed by atoms with E-state index in [1.54, 1.807) is 12.3 Å². The van der Waals surface area contributed by atoms with Crippen LogP contribution < -0.4 is 11.5 Å². The predicted molar refractivity (Wildman–Crippen MR) is 58.8 cm³/mol. The number of primary amides is 1. The minimum absolute atomic E-state index is 0.263. The Morgan fingerprint density at radius 3 is 2.87 bits per heavy atom. The minimum Gasteiger partial charge on any atom is -0.384 e. The Labute approximate surface area is 89.1 Å². The fraction of sp³-hybridized carbons (Fsp3) is 0.400. The van der Waals surface area contributed by atoms with Crippen molar-refractivity contribution in [3.05, 3.63) is 23.9 Å². The van der Waals surface area contributed by atoms with Gasteiger partial charge in [0.25, 0.3) is 0 Å². The van der Waals surface area contributed by atoms with Gasteiger partial charge in [0, 0.05) is 12.7 Å². The summed E-state index contributed by atoms with van der Waals surface area (Å²) in [5.74, 6) is 0.168. The molecule has 0 saturated heterocycles. The lowest BCUT2D eigenvalue weighted by atomic mass is 10.2. The highest BCUT2D eigenvalue weighted by atomic mass is 16.1. The van der Waals surface area contributed by atoms with Crippen LogP contribution in [-0.4, -0.2) is 28.9 Å². The fourth-order valence-corrected chi connectivity index (χ4v) is 1.35. The topological polar surface area (TPSA) is 85.2 Å². The van der Waals surface area contributed by atoms with Crippen LogP contribution in [0.25, 0.3) is 0 Å². The molecule has 1 aromatic rings. The molecular formula is C10H16N4O. The van der Waals surface area contributed by atoms with Crippen molar-refractivity contribution in [2.45, 2.75) is 13.5 Å². The molecule has 0 aliphatic carbocycles. The Bertz CT molecular complexity index is 340. The van der Waals surface area contributed by atoms with E-state index in [9.17, 15) is 4.79 Å². The number of amides is 1. The molecule has 0 fully saturated rings. The van der Waals surface area contributed by atoms with Gasteiger partial charge in [0.2, 0.25) is 5.91 Å². The lowest BCUT2D eigenvalue weighted by Crippen LogP contribution is -2.33. The molecule has 4 N–H and O–H groups in total. The number of pyridine rings is 1. The molecule has 1 rings (SSSR count). The zero-order valence-corrected chi connectivity index (χ0v) is 8.81. The Kier molecular flexibility index (Phi) is 4.05. The van der Waals surface area contributed by atoms with Gasteiger partial charge < -0.3 is 11.5 Å². The Morgan fingerprint density at radius 2 is 2.33 bits per heavy atom. The molecule has 15 heavy (non-hydrogen) atoms. The molecule has 5 nitrogen and oxygen atoms in total. The molecular weight excluding hydrogens is 192 g/mol. The quantitative estimate of drug-likeness (QED) is 0.711. The fourth-order valence-electron chi connectivity index (χ4n) is 1.35. The summed E-state index contributed by atoms with van der Waals surface area (Å²) in [6, 6.07) is 3.67. The molecule has 5 heteroatoms. The molecule has 0 saturated carbocycles. The van der Waals surface area contributed by atoms with Gasteiger partial charge in [0.15, 0.2) is 0 Å². The number of nitrogens with zero attached hydrogens (tertiary/aromatic N) is 2. The van der Waals surface area contributed by atoms with E-state index in [1.165, 1.54) is 0 Å². The van der Waals surface area contributed by atoms with Crippen molar-refractivity contribution in [2.24, 2.45) is 5.73 Å². The number of hydrogen-bond acceptors (Lipinski definition) is 4. The number of carbonyl (C=O) groups excluding carboxylic acids is 1. The summed E-state index contributed by atoms with van der Waals surface area (Å²) < 4.78 is 0. The monoisotopic (exact) mass is 208 g/mol. The van der Waals surface area contributed by atoms with Crippen molar-refractivity contribution in [1.29, 1.82) is 0 Å². The average molecular weight is 208 g/mol. The van der Waals surface area contributed by atoms with E-state index in [0.29, 0.717) is 12.4 Å². The van der Waals surface area contributed by atoms with Gasteiger partial charge >= 0.3 is 0 Å². The summed E-state index contributed by atoms with van der Waals surface area (Å²) in [4.78, 5) is 16.6. The van der Waals surface area contributed by atoms with E-state index in [-0.39, 0.29) is 12.5 Å². The van der Waals surface area contributed by atoms with Crippen LogP contribution >= 0.6 is 0 Å². The van der Waals surface area contributed by atoms with E-state index in [1.807, 2.05) is 17.9 Å².